The molecule has 1 fully saturated rings. The summed E-state index contributed by atoms with van der Waals surface area (Å²) in [5.41, 5.74) is 0.987. The molecule has 2 N–H and O–H groups in total. The van der Waals surface area contributed by atoms with Crippen LogP contribution in [0.2, 0.25) is 15.1 Å². The number of amides is 4. The fourth-order valence-corrected chi connectivity index (χ4v) is 3.13. The van der Waals surface area contributed by atoms with Crippen LogP contribution in [0, 0.1) is 6.92 Å². The molecule has 0 radical (unpaired) electrons. The number of hydrogen-bond acceptors (Lipinski definition) is 4. The quantitative estimate of drug-likeness (QED) is 0.554. The number of phenols is 1. The number of urea groups is 1. The van der Waals surface area contributed by atoms with E-state index in [-0.39, 0.29) is 27.1 Å². The van der Waals surface area contributed by atoms with Crippen LogP contribution in [0.4, 0.5) is 10.5 Å². The molecule has 1 heterocycles. The first-order valence-corrected chi connectivity index (χ1v) is 8.68. The van der Waals surface area contributed by atoms with Gasteiger partial charge in [0.1, 0.15) is 5.57 Å². The Hall–Kier alpha value is -2.54. The molecule has 9 heteroatoms. The molecule has 0 spiro atoms. The van der Waals surface area contributed by atoms with Gasteiger partial charge in [-0.05, 0) is 48.4 Å². The van der Waals surface area contributed by atoms with Gasteiger partial charge in [0, 0.05) is 5.02 Å². The second-order valence-corrected chi connectivity index (χ2v) is 6.95. The summed E-state index contributed by atoms with van der Waals surface area (Å²) in [6.45, 7) is 1.78. The van der Waals surface area contributed by atoms with E-state index in [4.69, 9.17) is 34.8 Å². The fraction of sp³-hybridized carbons (Fsp3) is 0.0556. The monoisotopic (exact) mass is 424 g/mol. The number of aryl methyl sites for hydroxylation is 1. The van der Waals surface area contributed by atoms with Crippen molar-refractivity contribution in [3.8, 4) is 5.75 Å². The zero-order chi connectivity index (χ0) is 19.9. The predicted molar refractivity (Wildman–Crippen MR) is 103 cm³/mol. The Morgan fingerprint density at radius 1 is 1.00 bits per heavy atom. The maximum absolute atomic E-state index is 12.8. The molecule has 6 nitrogen and oxygen atoms in total. The molecule has 0 bridgehead atoms. The summed E-state index contributed by atoms with van der Waals surface area (Å²) < 4.78 is 0. The van der Waals surface area contributed by atoms with Gasteiger partial charge < -0.3 is 5.11 Å². The number of phenolic OH excluding ortho intramolecular Hbond substituents is 1. The third kappa shape index (κ3) is 3.64. The molecule has 0 aromatic heterocycles. The second kappa shape index (κ2) is 7.23. The average molecular weight is 426 g/mol. The fourth-order valence-electron chi connectivity index (χ4n) is 2.45. The number of carbonyl (C=O) groups is 3. The average Bonchev–Trinajstić information content (AvgIpc) is 2.59. The number of halogens is 3. The maximum atomic E-state index is 12.8. The van der Waals surface area contributed by atoms with E-state index < -0.39 is 17.8 Å². The highest BCUT2D eigenvalue weighted by Gasteiger charge is 2.37. The zero-order valence-corrected chi connectivity index (χ0v) is 16.0. The van der Waals surface area contributed by atoms with Gasteiger partial charge in [0.25, 0.3) is 11.8 Å². The molecule has 3 rings (SSSR count). The molecule has 4 amide bonds. The minimum absolute atomic E-state index is 0.0451. The molecule has 2 aromatic carbocycles. The van der Waals surface area contributed by atoms with E-state index in [0.717, 1.165) is 10.5 Å². The van der Waals surface area contributed by atoms with Crippen LogP contribution in [0.3, 0.4) is 0 Å². The van der Waals surface area contributed by atoms with Crippen LogP contribution in [0.1, 0.15) is 11.1 Å². The van der Waals surface area contributed by atoms with Crippen molar-refractivity contribution in [3.05, 3.63) is 62.1 Å². The summed E-state index contributed by atoms with van der Waals surface area (Å²) in [6, 6.07) is 6.43. The molecule has 0 atom stereocenters. The van der Waals surface area contributed by atoms with E-state index in [1.807, 2.05) is 0 Å². The number of anilines is 1. The first kappa shape index (κ1) is 19.2. The van der Waals surface area contributed by atoms with Crippen molar-refractivity contribution < 1.29 is 19.5 Å². The lowest BCUT2D eigenvalue weighted by atomic mass is 10.1. The standard InChI is InChI=1S/C18H11Cl3N2O4/c1-8-2-3-10(7-12(8)19)23-17(26)11(16(25)22-18(23)27)4-9-5-13(20)15(24)14(21)6-9/h2-7,24H,1H3,(H,22,25,27)/b11-4-. The van der Waals surface area contributed by atoms with Crippen LogP contribution in [-0.2, 0) is 9.59 Å². The van der Waals surface area contributed by atoms with Gasteiger partial charge >= 0.3 is 6.03 Å². The number of barbiturate groups is 1. The highest BCUT2D eigenvalue weighted by molar-refractivity contribution is 6.40. The van der Waals surface area contributed by atoms with Crippen molar-refractivity contribution in [2.24, 2.45) is 0 Å². The van der Waals surface area contributed by atoms with Crippen LogP contribution in [0.15, 0.2) is 35.9 Å². The normalized spacial score (nSPS) is 16.1. The third-order valence-corrected chi connectivity index (χ3v) is 4.85. The smallest absolute Gasteiger partial charge is 0.335 e. The van der Waals surface area contributed by atoms with Crippen LogP contribution < -0.4 is 10.2 Å². The minimum Gasteiger partial charge on any atom is -0.505 e. The van der Waals surface area contributed by atoms with E-state index in [1.165, 1.54) is 24.3 Å². The Morgan fingerprint density at radius 2 is 1.63 bits per heavy atom. The van der Waals surface area contributed by atoms with Gasteiger partial charge in [-0.25, -0.2) is 9.69 Å². The number of imide groups is 2. The van der Waals surface area contributed by atoms with Gasteiger partial charge in [-0.3, -0.25) is 14.9 Å². The van der Waals surface area contributed by atoms with Gasteiger partial charge in [0.15, 0.2) is 5.75 Å². The topological polar surface area (TPSA) is 86.7 Å². The highest BCUT2D eigenvalue weighted by Crippen LogP contribution is 2.34. The number of nitrogens with one attached hydrogen (secondary N) is 1. The molecular formula is C18H11Cl3N2O4. The van der Waals surface area contributed by atoms with Gasteiger partial charge in [0.2, 0.25) is 0 Å². The van der Waals surface area contributed by atoms with E-state index in [0.29, 0.717) is 10.6 Å². The van der Waals surface area contributed by atoms with Crippen LogP contribution in [-0.4, -0.2) is 23.0 Å². The summed E-state index contributed by atoms with van der Waals surface area (Å²) in [5.74, 6) is -2.00. The molecule has 1 saturated heterocycles. The minimum atomic E-state index is -0.885. The summed E-state index contributed by atoms with van der Waals surface area (Å²) in [7, 11) is 0. The van der Waals surface area contributed by atoms with Crippen molar-refractivity contribution >= 4 is 64.4 Å². The third-order valence-electron chi connectivity index (χ3n) is 3.87. The summed E-state index contributed by atoms with van der Waals surface area (Å²) >= 11 is 17.8. The zero-order valence-electron chi connectivity index (χ0n) is 13.7. The van der Waals surface area contributed by atoms with Crippen molar-refractivity contribution in [1.82, 2.24) is 5.32 Å². The highest BCUT2D eigenvalue weighted by atomic mass is 35.5. The molecule has 0 saturated carbocycles. The molecule has 27 heavy (non-hydrogen) atoms. The van der Waals surface area contributed by atoms with E-state index >= 15 is 0 Å². The van der Waals surface area contributed by atoms with Crippen molar-refractivity contribution in [3.63, 3.8) is 0 Å². The Bertz CT molecular complexity index is 1010. The van der Waals surface area contributed by atoms with Gasteiger partial charge in [-0.2, -0.15) is 0 Å². The molecule has 2 aromatic rings. The number of carbonyl (C=O) groups excluding carboxylic acids is 3. The molecule has 138 valence electrons. The second-order valence-electron chi connectivity index (χ2n) is 5.72. The Morgan fingerprint density at radius 3 is 2.22 bits per heavy atom. The molecule has 0 unspecified atom stereocenters. The lowest BCUT2D eigenvalue weighted by molar-refractivity contribution is -0.122. The first-order valence-electron chi connectivity index (χ1n) is 7.54. The Balaban J connectivity index is 2.06. The lowest BCUT2D eigenvalue weighted by Crippen LogP contribution is -2.54. The maximum Gasteiger partial charge on any atom is 0.335 e. The number of nitrogens with zero attached hydrogens (tertiary/aromatic N) is 1. The summed E-state index contributed by atoms with van der Waals surface area (Å²) in [5, 5.41) is 12.0. The van der Waals surface area contributed by atoms with Gasteiger partial charge in [-0.15, -0.1) is 0 Å². The van der Waals surface area contributed by atoms with Crippen LogP contribution >= 0.6 is 34.8 Å². The number of benzene rings is 2. The first-order chi connectivity index (χ1) is 12.7. The van der Waals surface area contributed by atoms with Gasteiger partial charge in [-0.1, -0.05) is 40.9 Å². The van der Waals surface area contributed by atoms with Crippen molar-refractivity contribution in [2.45, 2.75) is 6.92 Å². The predicted octanol–water partition coefficient (Wildman–Crippen LogP) is 4.33. The lowest BCUT2D eigenvalue weighted by Gasteiger charge is -2.26. The number of hydrogen-bond donors (Lipinski definition) is 2. The van der Waals surface area contributed by atoms with E-state index in [2.05, 4.69) is 5.32 Å². The Labute approximate surface area is 168 Å². The van der Waals surface area contributed by atoms with Crippen LogP contribution in [0.5, 0.6) is 5.75 Å². The van der Waals surface area contributed by atoms with E-state index in [9.17, 15) is 19.5 Å². The number of rotatable bonds is 2. The van der Waals surface area contributed by atoms with Crippen molar-refractivity contribution in [2.75, 3.05) is 4.90 Å². The SMILES string of the molecule is Cc1ccc(N2C(=O)NC(=O)/C(=C/c3cc(Cl)c(O)c(Cl)c3)C2=O)cc1Cl. The van der Waals surface area contributed by atoms with Crippen molar-refractivity contribution in [1.29, 1.82) is 0 Å². The molecule has 1 aliphatic rings. The molecule has 1 aliphatic heterocycles. The molecular weight excluding hydrogens is 415 g/mol. The number of aromatic hydroxyl groups is 1. The van der Waals surface area contributed by atoms with Crippen LogP contribution in [0.25, 0.3) is 6.08 Å². The Kier molecular flexibility index (Phi) is 5.15. The van der Waals surface area contributed by atoms with E-state index in [1.54, 1.807) is 19.1 Å². The van der Waals surface area contributed by atoms with Gasteiger partial charge in [0.05, 0.1) is 15.7 Å². The molecule has 0 aliphatic carbocycles. The summed E-state index contributed by atoms with van der Waals surface area (Å²) in [4.78, 5) is 38.0. The summed E-state index contributed by atoms with van der Waals surface area (Å²) in [6.07, 6.45) is 1.23. The largest absolute Gasteiger partial charge is 0.505 e.